The Hall–Kier alpha value is -2.55. The first-order valence-corrected chi connectivity index (χ1v) is 6.06. The third kappa shape index (κ3) is 1.99. The van der Waals surface area contributed by atoms with Crippen molar-refractivity contribution in [3.05, 3.63) is 54.2 Å². The number of aromatic amines is 1. The highest BCUT2D eigenvalue weighted by Crippen LogP contribution is 2.27. The number of phenols is 1. The third-order valence-corrected chi connectivity index (χ3v) is 3.26. The molecule has 0 unspecified atom stereocenters. The Balaban J connectivity index is 2.12. The fraction of sp³-hybridized carbons (Fsp3) is 0.0625. The summed E-state index contributed by atoms with van der Waals surface area (Å²) in [6, 6.07) is 13.0. The summed E-state index contributed by atoms with van der Waals surface area (Å²) in [5, 5.41) is 10.2. The molecule has 0 aliphatic carbocycles. The minimum Gasteiger partial charge on any atom is -0.508 e. The number of aromatic nitrogens is 1. The molecule has 3 nitrogen and oxygen atoms in total. The molecule has 0 saturated heterocycles. The lowest BCUT2D eigenvalue weighted by molar-refractivity contribution is 0.101. The first kappa shape index (κ1) is 11.5. The Morgan fingerprint density at radius 2 is 1.74 bits per heavy atom. The van der Waals surface area contributed by atoms with Crippen molar-refractivity contribution < 1.29 is 9.90 Å². The molecule has 3 aromatic rings. The molecule has 0 saturated carbocycles. The molecule has 0 spiro atoms. The molecule has 1 aromatic heterocycles. The van der Waals surface area contributed by atoms with Gasteiger partial charge >= 0.3 is 0 Å². The van der Waals surface area contributed by atoms with E-state index in [4.69, 9.17) is 0 Å². The van der Waals surface area contributed by atoms with E-state index in [-0.39, 0.29) is 11.5 Å². The molecule has 0 radical (unpaired) electrons. The average molecular weight is 251 g/mol. The number of Topliss-reactive ketones (excluding diaryl/α,β-unsaturated/α-hetero) is 1. The number of H-pyrrole nitrogens is 1. The van der Waals surface area contributed by atoms with Gasteiger partial charge in [-0.15, -0.1) is 0 Å². The van der Waals surface area contributed by atoms with Crippen LogP contribution in [0.4, 0.5) is 0 Å². The fourth-order valence-corrected chi connectivity index (χ4v) is 2.25. The van der Waals surface area contributed by atoms with Crippen molar-refractivity contribution in [3.63, 3.8) is 0 Å². The van der Waals surface area contributed by atoms with Crippen molar-refractivity contribution in [2.75, 3.05) is 0 Å². The Bertz CT molecular complexity index is 754. The van der Waals surface area contributed by atoms with Gasteiger partial charge in [0.05, 0.1) is 0 Å². The molecular weight excluding hydrogens is 238 g/mol. The molecule has 1 heterocycles. The summed E-state index contributed by atoms with van der Waals surface area (Å²) < 4.78 is 0. The predicted molar refractivity (Wildman–Crippen MR) is 75.4 cm³/mol. The fourth-order valence-electron chi connectivity index (χ4n) is 2.25. The van der Waals surface area contributed by atoms with Gasteiger partial charge in [0.25, 0.3) is 0 Å². The smallest absolute Gasteiger partial charge is 0.161 e. The van der Waals surface area contributed by atoms with Crippen molar-refractivity contribution in [1.29, 1.82) is 0 Å². The highest BCUT2D eigenvalue weighted by atomic mass is 16.3. The number of carbonyl (C=O) groups excluding carboxylic acids is 1. The molecule has 3 rings (SSSR count). The maximum absolute atomic E-state index is 11.5. The van der Waals surface area contributed by atoms with E-state index in [1.54, 1.807) is 25.3 Å². The van der Waals surface area contributed by atoms with Crippen LogP contribution in [-0.4, -0.2) is 15.9 Å². The van der Waals surface area contributed by atoms with Gasteiger partial charge in [0, 0.05) is 22.7 Å². The number of benzene rings is 2. The van der Waals surface area contributed by atoms with Crippen LogP contribution >= 0.6 is 0 Å². The maximum Gasteiger partial charge on any atom is 0.161 e. The van der Waals surface area contributed by atoms with E-state index in [0.717, 1.165) is 22.0 Å². The van der Waals surface area contributed by atoms with E-state index in [1.807, 2.05) is 30.3 Å². The van der Waals surface area contributed by atoms with Gasteiger partial charge in [-0.1, -0.05) is 24.3 Å². The number of hydrogen-bond donors (Lipinski definition) is 2. The van der Waals surface area contributed by atoms with Crippen LogP contribution in [-0.2, 0) is 0 Å². The molecule has 19 heavy (non-hydrogen) atoms. The van der Waals surface area contributed by atoms with Gasteiger partial charge in [0.1, 0.15) is 5.75 Å². The third-order valence-electron chi connectivity index (χ3n) is 3.26. The van der Waals surface area contributed by atoms with Crippen molar-refractivity contribution in [1.82, 2.24) is 4.98 Å². The van der Waals surface area contributed by atoms with Gasteiger partial charge in [-0.25, -0.2) is 0 Å². The van der Waals surface area contributed by atoms with Crippen LogP contribution in [0.25, 0.3) is 22.0 Å². The summed E-state index contributed by atoms with van der Waals surface area (Å²) in [6.45, 7) is 1.57. The average Bonchev–Trinajstić information content (AvgIpc) is 2.82. The predicted octanol–water partition coefficient (Wildman–Crippen LogP) is 3.74. The minimum atomic E-state index is 0.0589. The number of rotatable bonds is 2. The highest BCUT2D eigenvalue weighted by molar-refractivity contribution is 6.07. The van der Waals surface area contributed by atoms with E-state index in [2.05, 4.69) is 4.98 Å². The maximum atomic E-state index is 11.5. The standard InChI is InChI=1S/C16H13NO2/c1-10(18)15-9-17-16-8-12(4-7-14(15)16)11-2-5-13(19)6-3-11/h2-9,17,19H,1H3. The van der Waals surface area contributed by atoms with Crippen molar-refractivity contribution in [2.24, 2.45) is 0 Å². The second-order valence-electron chi connectivity index (χ2n) is 4.57. The largest absolute Gasteiger partial charge is 0.508 e. The van der Waals surface area contributed by atoms with Crippen molar-refractivity contribution >= 4 is 16.7 Å². The first-order valence-electron chi connectivity index (χ1n) is 6.06. The molecule has 0 aliphatic heterocycles. The van der Waals surface area contributed by atoms with Crippen molar-refractivity contribution in [2.45, 2.75) is 6.92 Å². The Labute approximate surface area is 110 Å². The molecular formula is C16H13NO2. The van der Waals surface area contributed by atoms with Crippen LogP contribution in [0.5, 0.6) is 5.75 Å². The molecule has 94 valence electrons. The Kier molecular flexibility index (Phi) is 2.60. The van der Waals surface area contributed by atoms with Crippen LogP contribution in [0.3, 0.4) is 0 Å². The van der Waals surface area contributed by atoms with E-state index in [0.29, 0.717) is 5.56 Å². The van der Waals surface area contributed by atoms with Gasteiger partial charge < -0.3 is 10.1 Å². The molecule has 0 atom stereocenters. The van der Waals surface area contributed by atoms with E-state index in [1.165, 1.54) is 0 Å². The molecule has 0 fully saturated rings. The van der Waals surface area contributed by atoms with Crippen LogP contribution in [0.1, 0.15) is 17.3 Å². The van der Waals surface area contributed by atoms with E-state index < -0.39 is 0 Å². The zero-order valence-electron chi connectivity index (χ0n) is 10.5. The molecule has 0 bridgehead atoms. The van der Waals surface area contributed by atoms with Crippen LogP contribution < -0.4 is 0 Å². The van der Waals surface area contributed by atoms with Gasteiger partial charge in [-0.05, 0) is 36.2 Å². The van der Waals surface area contributed by atoms with E-state index >= 15 is 0 Å². The summed E-state index contributed by atoms with van der Waals surface area (Å²) in [7, 11) is 0. The number of fused-ring (bicyclic) bond motifs is 1. The zero-order chi connectivity index (χ0) is 13.4. The number of carbonyl (C=O) groups is 1. The number of phenolic OH excluding ortho intramolecular Hbond substituents is 1. The second-order valence-corrected chi connectivity index (χ2v) is 4.57. The van der Waals surface area contributed by atoms with Crippen LogP contribution in [0.2, 0.25) is 0 Å². The van der Waals surface area contributed by atoms with Crippen LogP contribution in [0.15, 0.2) is 48.7 Å². The minimum absolute atomic E-state index is 0.0589. The molecule has 2 N–H and O–H groups in total. The number of nitrogens with one attached hydrogen (secondary N) is 1. The van der Waals surface area contributed by atoms with Gasteiger partial charge in [-0.2, -0.15) is 0 Å². The lowest BCUT2D eigenvalue weighted by Crippen LogP contribution is -1.88. The summed E-state index contributed by atoms with van der Waals surface area (Å²) in [4.78, 5) is 14.6. The molecule has 3 heteroatoms. The Morgan fingerprint density at radius 1 is 1.05 bits per heavy atom. The normalized spacial score (nSPS) is 10.8. The van der Waals surface area contributed by atoms with Gasteiger partial charge in [0.15, 0.2) is 5.78 Å². The van der Waals surface area contributed by atoms with Gasteiger partial charge in [-0.3, -0.25) is 4.79 Å². The lowest BCUT2D eigenvalue weighted by Gasteiger charge is -2.02. The summed E-state index contributed by atoms with van der Waals surface area (Å²) in [6.07, 6.45) is 1.74. The van der Waals surface area contributed by atoms with E-state index in [9.17, 15) is 9.90 Å². The summed E-state index contributed by atoms with van der Waals surface area (Å²) in [5.74, 6) is 0.312. The van der Waals surface area contributed by atoms with Crippen LogP contribution in [0, 0.1) is 0 Å². The Morgan fingerprint density at radius 3 is 2.42 bits per heavy atom. The number of hydrogen-bond acceptors (Lipinski definition) is 2. The quantitative estimate of drug-likeness (QED) is 0.681. The first-order chi connectivity index (χ1) is 9.15. The SMILES string of the molecule is CC(=O)c1c[nH]c2cc(-c3ccc(O)cc3)ccc12. The zero-order valence-corrected chi connectivity index (χ0v) is 10.5. The molecule has 2 aromatic carbocycles. The van der Waals surface area contributed by atoms with Gasteiger partial charge in [0.2, 0.25) is 0 Å². The van der Waals surface area contributed by atoms with Crippen molar-refractivity contribution in [3.8, 4) is 16.9 Å². The summed E-state index contributed by atoms with van der Waals surface area (Å²) in [5.41, 5.74) is 3.73. The number of ketones is 1. The monoisotopic (exact) mass is 251 g/mol. The summed E-state index contributed by atoms with van der Waals surface area (Å²) >= 11 is 0. The molecule has 0 aliphatic rings. The topological polar surface area (TPSA) is 53.1 Å². The lowest BCUT2D eigenvalue weighted by atomic mass is 10.0. The number of aromatic hydroxyl groups is 1. The molecule has 0 amide bonds. The highest BCUT2D eigenvalue weighted by Gasteiger charge is 2.08. The second kappa shape index (κ2) is 4.28.